The number of halogens is 2. The SMILES string of the molecule is CCN1/C(=C\C=N\NC(=O)c2ccccc2)C(C)(Cc2c(F)ccc(C)c2F)c2cc(OC)ccc21. The number of methoxy groups -OCH3 is 1. The molecule has 0 bridgehead atoms. The predicted molar refractivity (Wildman–Crippen MR) is 139 cm³/mol. The molecule has 0 saturated carbocycles. The van der Waals surface area contributed by atoms with E-state index in [0.717, 1.165) is 16.9 Å². The quantitative estimate of drug-likeness (QED) is 0.331. The maximum atomic E-state index is 15.1. The van der Waals surface area contributed by atoms with Crippen molar-refractivity contribution in [1.82, 2.24) is 5.43 Å². The highest BCUT2D eigenvalue weighted by molar-refractivity contribution is 5.94. The van der Waals surface area contributed by atoms with Crippen LogP contribution in [-0.4, -0.2) is 25.8 Å². The zero-order valence-corrected chi connectivity index (χ0v) is 20.8. The largest absolute Gasteiger partial charge is 0.497 e. The Morgan fingerprint density at radius 1 is 1.14 bits per heavy atom. The Balaban J connectivity index is 1.75. The van der Waals surface area contributed by atoms with E-state index < -0.39 is 17.0 Å². The van der Waals surface area contributed by atoms with Gasteiger partial charge in [0, 0.05) is 40.7 Å². The number of carbonyl (C=O) groups excluding carboxylic acids is 1. The summed E-state index contributed by atoms with van der Waals surface area (Å²) in [6.45, 7) is 6.23. The van der Waals surface area contributed by atoms with Gasteiger partial charge in [0.1, 0.15) is 17.4 Å². The topological polar surface area (TPSA) is 53.9 Å². The van der Waals surface area contributed by atoms with Crippen molar-refractivity contribution in [2.45, 2.75) is 32.6 Å². The monoisotopic (exact) mass is 489 g/mol. The maximum Gasteiger partial charge on any atom is 0.271 e. The summed E-state index contributed by atoms with van der Waals surface area (Å²) in [5.41, 5.74) is 5.30. The molecule has 1 aliphatic heterocycles. The number of anilines is 1. The van der Waals surface area contributed by atoms with Crippen LogP contribution < -0.4 is 15.1 Å². The first-order valence-corrected chi connectivity index (χ1v) is 11.8. The zero-order chi connectivity index (χ0) is 25.9. The first-order chi connectivity index (χ1) is 17.3. The third-order valence-corrected chi connectivity index (χ3v) is 6.68. The van der Waals surface area contributed by atoms with Crippen LogP contribution in [0.5, 0.6) is 5.75 Å². The number of carbonyl (C=O) groups is 1. The molecule has 0 radical (unpaired) electrons. The standard InChI is InChI=1S/C29H29F2N3O2/c1-5-34-25-14-12-21(36-4)17-23(25)29(3,18-22-24(30)13-11-19(2)27(22)31)26(34)15-16-32-33-28(35)20-9-7-6-8-10-20/h6-17H,5,18H2,1-4H3,(H,33,35)/b26-15-,32-16+. The maximum absolute atomic E-state index is 15.1. The van der Waals surface area contributed by atoms with Gasteiger partial charge in [-0.2, -0.15) is 5.10 Å². The van der Waals surface area contributed by atoms with Gasteiger partial charge in [0.2, 0.25) is 0 Å². The van der Waals surface area contributed by atoms with Crippen LogP contribution in [0.4, 0.5) is 14.5 Å². The van der Waals surface area contributed by atoms with E-state index in [2.05, 4.69) is 15.4 Å². The Labute approximate surface area is 210 Å². The molecule has 0 saturated heterocycles. The summed E-state index contributed by atoms with van der Waals surface area (Å²) in [7, 11) is 1.59. The van der Waals surface area contributed by atoms with Gasteiger partial charge in [-0.1, -0.05) is 24.3 Å². The number of likely N-dealkylation sites (N-methyl/N-ethyl adjacent to an activating group) is 1. The summed E-state index contributed by atoms with van der Waals surface area (Å²) in [6, 6.07) is 17.3. The molecule has 3 aromatic carbocycles. The third kappa shape index (κ3) is 4.61. The van der Waals surface area contributed by atoms with Crippen molar-refractivity contribution in [1.29, 1.82) is 0 Å². The minimum atomic E-state index is -0.787. The van der Waals surface area contributed by atoms with Crippen LogP contribution in [0.2, 0.25) is 0 Å². The predicted octanol–water partition coefficient (Wildman–Crippen LogP) is 5.92. The lowest BCUT2D eigenvalue weighted by Gasteiger charge is -2.30. The number of nitrogens with one attached hydrogen (secondary N) is 1. The van der Waals surface area contributed by atoms with Crippen molar-refractivity contribution in [3.8, 4) is 5.75 Å². The van der Waals surface area contributed by atoms with Gasteiger partial charge < -0.3 is 9.64 Å². The highest BCUT2D eigenvalue weighted by atomic mass is 19.1. The van der Waals surface area contributed by atoms with Crippen molar-refractivity contribution < 1.29 is 18.3 Å². The molecule has 3 aromatic rings. The van der Waals surface area contributed by atoms with Crippen molar-refractivity contribution in [3.05, 3.63) is 106 Å². The van der Waals surface area contributed by atoms with Crippen LogP contribution in [-0.2, 0) is 11.8 Å². The molecule has 1 aliphatic rings. The van der Waals surface area contributed by atoms with E-state index in [1.807, 2.05) is 38.1 Å². The zero-order valence-electron chi connectivity index (χ0n) is 20.8. The first kappa shape index (κ1) is 25.1. The molecule has 36 heavy (non-hydrogen) atoms. The van der Waals surface area contributed by atoms with Crippen LogP contribution >= 0.6 is 0 Å². The molecule has 0 fully saturated rings. The number of hydrogen-bond donors (Lipinski definition) is 1. The number of hydrazone groups is 1. The Kier molecular flexibility index (Phi) is 7.20. The van der Waals surface area contributed by atoms with E-state index in [0.29, 0.717) is 23.4 Å². The van der Waals surface area contributed by atoms with Gasteiger partial charge in [0.15, 0.2) is 0 Å². The lowest BCUT2D eigenvalue weighted by molar-refractivity contribution is 0.0955. The normalized spacial score (nSPS) is 18.1. The first-order valence-electron chi connectivity index (χ1n) is 11.8. The second-order valence-corrected chi connectivity index (χ2v) is 8.93. The molecule has 5 nitrogen and oxygen atoms in total. The lowest BCUT2D eigenvalue weighted by atomic mass is 9.76. The van der Waals surface area contributed by atoms with Gasteiger partial charge in [0.25, 0.3) is 5.91 Å². The van der Waals surface area contributed by atoms with E-state index in [9.17, 15) is 9.18 Å². The molecule has 1 unspecified atom stereocenters. The molecular formula is C29H29F2N3O2. The number of rotatable bonds is 7. The molecule has 1 heterocycles. The molecule has 0 aliphatic carbocycles. The number of hydrogen-bond acceptors (Lipinski definition) is 4. The Morgan fingerprint density at radius 3 is 2.58 bits per heavy atom. The molecule has 186 valence electrons. The summed E-state index contributed by atoms with van der Waals surface area (Å²) in [5.74, 6) is -0.796. The number of fused-ring (bicyclic) bond motifs is 1. The van der Waals surface area contributed by atoms with Gasteiger partial charge in [-0.05, 0) is 80.8 Å². The fourth-order valence-electron chi connectivity index (χ4n) is 4.77. The van der Waals surface area contributed by atoms with E-state index >= 15 is 4.39 Å². The minimum absolute atomic E-state index is 0.0319. The van der Waals surface area contributed by atoms with Crippen LogP contribution in [0.3, 0.4) is 0 Å². The third-order valence-electron chi connectivity index (χ3n) is 6.68. The summed E-state index contributed by atoms with van der Waals surface area (Å²) < 4.78 is 35.4. The lowest BCUT2D eigenvalue weighted by Crippen LogP contribution is -2.31. The minimum Gasteiger partial charge on any atom is -0.497 e. The van der Waals surface area contributed by atoms with Crippen LogP contribution in [0.15, 0.2) is 77.5 Å². The van der Waals surface area contributed by atoms with E-state index in [1.165, 1.54) is 18.3 Å². The number of nitrogens with zero attached hydrogens (tertiary/aromatic N) is 2. The van der Waals surface area contributed by atoms with Gasteiger partial charge in [-0.3, -0.25) is 4.79 Å². The van der Waals surface area contributed by atoms with Crippen molar-refractivity contribution >= 4 is 17.8 Å². The molecule has 4 rings (SSSR count). The van der Waals surface area contributed by atoms with Crippen LogP contribution in [0.25, 0.3) is 0 Å². The van der Waals surface area contributed by atoms with Crippen molar-refractivity contribution in [2.24, 2.45) is 5.10 Å². The molecule has 1 N–H and O–H groups in total. The highest BCUT2D eigenvalue weighted by Crippen LogP contribution is 2.51. The summed E-state index contributed by atoms with van der Waals surface area (Å²) >= 11 is 0. The summed E-state index contributed by atoms with van der Waals surface area (Å²) in [4.78, 5) is 14.4. The number of benzene rings is 3. The van der Waals surface area contributed by atoms with E-state index in [1.54, 1.807) is 44.4 Å². The van der Waals surface area contributed by atoms with Crippen molar-refractivity contribution in [2.75, 3.05) is 18.6 Å². The van der Waals surface area contributed by atoms with Gasteiger partial charge in [-0.25, -0.2) is 14.2 Å². The highest BCUT2D eigenvalue weighted by Gasteiger charge is 2.44. The number of allylic oxidation sites excluding steroid dienone is 2. The fourth-order valence-corrected chi connectivity index (χ4v) is 4.77. The van der Waals surface area contributed by atoms with Gasteiger partial charge in [0.05, 0.1) is 7.11 Å². The molecule has 0 aromatic heterocycles. The fraction of sp³-hybridized carbons (Fsp3) is 0.241. The number of aryl methyl sites for hydroxylation is 1. The Bertz CT molecular complexity index is 1340. The van der Waals surface area contributed by atoms with Gasteiger partial charge >= 0.3 is 0 Å². The second-order valence-electron chi connectivity index (χ2n) is 8.93. The molecule has 7 heteroatoms. The number of amides is 1. The second kappa shape index (κ2) is 10.3. The molecule has 1 atom stereocenters. The van der Waals surface area contributed by atoms with E-state index in [-0.39, 0.29) is 17.9 Å². The smallest absolute Gasteiger partial charge is 0.271 e. The summed E-state index contributed by atoms with van der Waals surface area (Å²) in [6.07, 6.45) is 3.38. The Morgan fingerprint density at radius 2 is 1.89 bits per heavy atom. The van der Waals surface area contributed by atoms with E-state index in [4.69, 9.17) is 4.74 Å². The summed E-state index contributed by atoms with van der Waals surface area (Å²) in [5, 5.41) is 4.10. The van der Waals surface area contributed by atoms with Crippen LogP contribution in [0, 0.1) is 18.6 Å². The van der Waals surface area contributed by atoms with Crippen molar-refractivity contribution in [3.63, 3.8) is 0 Å². The molecule has 0 spiro atoms. The van der Waals surface area contributed by atoms with Crippen LogP contribution in [0.1, 0.15) is 40.9 Å². The molecule has 1 amide bonds. The average Bonchev–Trinajstić information content (AvgIpc) is 3.13. The average molecular weight is 490 g/mol. The Hall–Kier alpha value is -4.00. The number of ether oxygens (including phenoxy) is 1. The molecular weight excluding hydrogens is 460 g/mol. The van der Waals surface area contributed by atoms with Gasteiger partial charge in [-0.15, -0.1) is 0 Å².